The zero-order valence-corrected chi connectivity index (χ0v) is 13.6. The van der Waals surface area contributed by atoms with Crippen molar-refractivity contribution in [2.24, 2.45) is 5.73 Å². The molecular weight excluding hydrogens is 345 g/mol. The first kappa shape index (κ1) is 16.6. The van der Waals surface area contributed by atoms with Gasteiger partial charge in [-0.15, -0.1) is 0 Å². The summed E-state index contributed by atoms with van der Waals surface area (Å²) in [6.07, 6.45) is 5.05. The number of nitrogens with two attached hydrogens (primary N) is 1. The van der Waals surface area contributed by atoms with Crippen LogP contribution in [0.2, 0.25) is 0 Å². The fourth-order valence-electron chi connectivity index (χ4n) is 3.31. The summed E-state index contributed by atoms with van der Waals surface area (Å²) in [7, 11) is 0. The normalized spacial score (nSPS) is 20.5. The van der Waals surface area contributed by atoms with Crippen LogP contribution in [0.1, 0.15) is 17.9 Å². The van der Waals surface area contributed by atoms with Gasteiger partial charge in [-0.1, -0.05) is 0 Å². The molecule has 2 N–H and O–H groups in total. The minimum Gasteiger partial charge on any atom is -0.354 e. The Morgan fingerprint density at radius 2 is 1.85 bits per heavy atom. The molecule has 0 aliphatic carbocycles. The molecule has 0 unspecified atom stereocenters. The van der Waals surface area contributed by atoms with Gasteiger partial charge in [-0.3, -0.25) is 0 Å². The van der Waals surface area contributed by atoms with Gasteiger partial charge in [0.2, 0.25) is 0 Å². The molecule has 0 bridgehead atoms. The lowest BCUT2D eigenvalue weighted by molar-refractivity contribution is 0.416. The van der Waals surface area contributed by atoms with E-state index in [1.54, 1.807) is 12.4 Å². The molecule has 134 valence electrons. The van der Waals surface area contributed by atoms with Crippen LogP contribution in [0.3, 0.4) is 0 Å². The van der Waals surface area contributed by atoms with Crippen molar-refractivity contribution in [2.45, 2.75) is 18.4 Å². The molecule has 4 rings (SSSR count). The molecule has 3 heterocycles. The first-order valence-corrected chi connectivity index (χ1v) is 8.10. The van der Waals surface area contributed by atoms with Crippen LogP contribution < -0.4 is 10.6 Å². The van der Waals surface area contributed by atoms with E-state index in [1.807, 2.05) is 4.90 Å². The average Bonchev–Trinajstić information content (AvgIpc) is 2.64. The molecule has 2 atom stereocenters. The minimum atomic E-state index is -1.20. The predicted octanol–water partition coefficient (Wildman–Crippen LogP) is 2.16. The lowest BCUT2D eigenvalue weighted by Gasteiger charge is -2.37. The Labute approximate surface area is 146 Å². The number of halogens is 3. The van der Waals surface area contributed by atoms with Crippen LogP contribution in [0, 0.1) is 17.5 Å². The van der Waals surface area contributed by atoms with E-state index < -0.39 is 29.4 Å². The molecule has 9 heteroatoms. The molecule has 2 aromatic heterocycles. The van der Waals surface area contributed by atoms with Crippen molar-refractivity contribution in [3.63, 3.8) is 0 Å². The summed E-state index contributed by atoms with van der Waals surface area (Å²) in [5.74, 6) is -2.85. The van der Waals surface area contributed by atoms with Crippen molar-refractivity contribution in [1.29, 1.82) is 0 Å². The second-order valence-electron chi connectivity index (χ2n) is 6.25. The lowest BCUT2D eigenvalue weighted by atomic mass is 9.85. The molecule has 1 aromatic carbocycles. The summed E-state index contributed by atoms with van der Waals surface area (Å²) in [4.78, 5) is 18.6. The van der Waals surface area contributed by atoms with Gasteiger partial charge in [0.25, 0.3) is 0 Å². The molecule has 0 amide bonds. The van der Waals surface area contributed by atoms with Gasteiger partial charge in [-0.05, 0) is 18.1 Å². The number of piperidine rings is 1. The van der Waals surface area contributed by atoms with E-state index in [1.165, 1.54) is 6.33 Å². The van der Waals surface area contributed by atoms with Crippen LogP contribution in [0.4, 0.5) is 19.0 Å². The van der Waals surface area contributed by atoms with E-state index in [-0.39, 0.29) is 5.56 Å². The molecular formula is C17H15F3N6. The zero-order chi connectivity index (χ0) is 18.3. The number of nitrogens with zero attached hydrogens (tertiary/aromatic N) is 5. The lowest BCUT2D eigenvalue weighted by Crippen LogP contribution is -2.48. The molecule has 1 aliphatic rings. The molecule has 6 nitrogen and oxygen atoms in total. The van der Waals surface area contributed by atoms with Crippen molar-refractivity contribution in [3.8, 4) is 0 Å². The monoisotopic (exact) mass is 360 g/mol. The fourth-order valence-corrected chi connectivity index (χ4v) is 3.31. The Bertz CT molecular complexity index is 966. The van der Waals surface area contributed by atoms with Crippen LogP contribution in [0.25, 0.3) is 11.2 Å². The predicted molar refractivity (Wildman–Crippen MR) is 89.0 cm³/mol. The molecule has 0 spiro atoms. The van der Waals surface area contributed by atoms with Crippen molar-refractivity contribution in [3.05, 3.63) is 53.9 Å². The molecule has 26 heavy (non-hydrogen) atoms. The SMILES string of the molecule is N[C@H]1CN(c2cnc3cncnc3n2)CC[C@@H]1c1cc(F)c(F)cc1F. The maximum Gasteiger partial charge on any atom is 0.183 e. The van der Waals surface area contributed by atoms with Crippen molar-refractivity contribution < 1.29 is 13.2 Å². The highest BCUT2D eigenvalue weighted by Crippen LogP contribution is 2.32. The standard InChI is InChI=1S/C17H15F3N6/c18-11-4-13(20)12(19)3-10(11)9-1-2-26(7-14(9)21)16-6-23-15-5-22-8-24-17(15)25-16/h3-6,8-9,14H,1-2,7,21H2/t9-,14+/m1/s1. The molecule has 0 radical (unpaired) electrons. The number of benzene rings is 1. The average molecular weight is 360 g/mol. The van der Waals surface area contributed by atoms with Crippen LogP contribution >= 0.6 is 0 Å². The summed E-state index contributed by atoms with van der Waals surface area (Å²) in [6, 6.07) is 1.00. The second kappa shape index (κ2) is 6.49. The quantitative estimate of drug-likeness (QED) is 0.706. The van der Waals surface area contributed by atoms with Gasteiger partial charge in [-0.2, -0.15) is 0 Å². The largest absolute Gasteiger partial charge is 0.354 e. The maximum atomic E-state index is 14.1. The third-order valence-electron chi connectivity index (χ3n) is 4.63. The second-order valence-corrected chi connectivity index (χ2v) is 6.25. The van der Waals surface area contributed by atoms with Gasteiger partial charge in [0.15, 0.2) is 17.3 Å². The number of anilines is 1. The summed E-state index contributed by atoms with van der Waals surface area (Å²) in [5.41, 5.74) is 7.37. The third-order valence-corrected chi connectivity index (χ3v) is 4.63. The van der Waals surface area contributed by atoms with Gasteiger partial charge >= 0.3 is 0 Å². The molecule has 1 aliphatic heterocycles. The maximum absolute atomic E-state index is 14.1. The molecule has 3 aromatic rings. The fraction of sp³-hybridized carbons (Fsp3) is 0.294. The van der Waals surface area contributed by atoms with E-state index in [0.717, 1.165) is 6.07 Å². The van der Waals surface area contributed by atoms with Gasteiger partial charge in [-0.25, -0.2) is 33.1 Å². The molecule has 1 saturated heterocycles. The topological polar surface area (TPSA) is 80.8 Å². The van der Waals surface area contributed by atoms with Gasteiger partial charge in [0.1, 0.15) is 23.5 Å². The number of rotatable bonds is 2. The van der Waals surface area contributed by atoms with E-state index in [4.69, 9.17) is 5.73 Å². The van der Waals surface area contributed by atoms with E-state index >= 15 is 0 Å². The van der Waals surface area contributed by atoms with Gasteiger partial charge in [0.05, 0.1) is 12.4 Å². The van der Waals surface area contributed by atoms with Crippen LogP contribution in [0.5, 0.6) is 0 Å². The van der Waals surface area contributed by atoms with Crippen LogP contribution in [-0.4, -0.2) is 39.1 Å². The highest BCUT2D eigenvalue weighted by molar-refractivity contribution is 5.69. The number of hydrogen-bond donors (Lipinski definition) is 1. The molecule has 0 saturated carbocycles. The van der Waals surface area contributed by atoms with E-state index in [9.17, 15) is 13.2 Å². The Morgan fingerprint density at radius 3 is 2.65 bits per heavy atom. The first-order valence-electron chi connectivity index (χ1n) is 8.10. The summed E-state index contributed by atoms with van der Waals surface area (Å²) in [6.45, 7) is 0.913. The third kappa shape index (κ3) is 2.94. The highest BCUT2D eigenvalue weighted by atomic mass is 19.2. The smallest absolute Gasteiger partial charge is 0.183 e. The summed E-state index contributed by atoms with van der Waals surface area (Å²) in [5, 5.41) is 0. The summed E-state index contributed by atoms with van der Waals surface area (Å²) >= 11 is 0. The Morgan fingerprint density at radius 1 is 1.04 bits per heavy atom. The van der Waals surface area contributed by atoms with Crippen molar-refractivity contribution in [1.82, 2.24) is 19.9 Å². The van der Waals surface area contributed by atoms with Crippen LogP contribution in [-0.2, 0) is 0 Å². The summed E-state index contributed by atoms with van der Waals surface area (Å²) < 4.78 is 40.7. The van der Waals surface area contributed by atoms with Crippen molar-refractivity contribution in [2.75, 3.05) is 18.0 Å². The highest BCUT2D eigenvalue weighted by Gasteiger charge is 2.31. The van der Waals surface area contributed by atoms with Crippen LogP contribution in [0.15, 0.2) is 30.9 Å². The number of aromatic nitrogens is 4. The van der Waals surface area contributed by atoms with E-state index in [0.29, 0.717) is 42.6 Å². The minimum absolute atomic E-state index is 0.105. The number of fused-ring (bicyclic) bond motifs is 1. The van der Waals surface area contributed by atoms with Gasteiger partial charge < -0.3 is 10.6 Å². The van der Waals surface area contributed by atoms with Crippen molar-refractivity contribution >= 4 is 17.0 Å². The van der Waals surface area contributed by atoms with Gasteiger partial charge in [0, 0.05) is 31.1 Å². The molecule has 1 fully saturated rings. The number of hydrogen-bond acceptors (Lipinski definition) is 6. The zero-order valence-electron chi connectivity index (χ0n) is 13.6. The Hall–Kier alpha value is -2.81. The Balaban J connectivity index is 1.57. The Kier molecular flexibility index (Phi) is 4.15. The van der Waals surface area contributed by atoms with E-state index in [2.05, 4.69) is 19.9 Å². The first-order chi connectivity index (χ1) is 12.5.